The fourth-order valence-electron chi connectivity index (χ4n) is 3.44. The number of carbonyl (C=O) groups excluding carboxylic acids is 1. The summed E-state index contributed by atoms with van der Waals surface area (Å²) in [5.74, 6) is 6.67. The molecule has 0 aromatic carbocycles. The van der Waals surface area contributed by atoms with Crippen molar-refractivity contribution in [2.24, 2.45) is 0 Å². The predicted octanol–water partition coefficient (Wildman–Crippen LogP) is 2.65. The molecule has 0 radical (unpaired) electrons. The number of rotatable bonds is 8. The average Bonchev–Trinajstić information content (AvgIpc) is 3.33. The summed E-state index contributed by atoms with van der Waals surface area (Å²) >= 11 is 0. The lowest BCUT2D eigenvalue weighted by Gasteiger charge is -2.10. The van der Waals surface area contributed by atoms with Gasteiger partial charge in [0.05, 0.1) is 37.2 Å². The van der Waals surface area contributed by atoms with Crippen LogP contribution in [0.25, 0.3) is 16.6 Å². The summed E-state index contributed by atoms with van der Waals surface area (Å²) < 4.78 is 12.3. The molecule has 180 valence electrons. The van der Waals surface area contributed by atoms with Crippen molar-refractivity contribution in [2.75, 3.05) is 32.1 Å². The van der Waals surface area contributed by atoms with Crippen molar-refractivity contribution in [1.82, 2.24) is 24.9 Å². The van der Waals surface area contributed by atoms with E-state index in [-0.39, 0.29) is 5.91 Å². The Bertz CT molecular complexity index is 1480. The quantitative estimate of drug-likeness (QED) is 0.291. The number of hydrogen-bond donors (Lipinski definition) is 2. The molecule has 2 N–H and O–H groups in total. The molecule has 0 saturated heterocycles. The number of ether oxygens (including phenoxy) is 2. The van der Waals surface area contributed by atoms with E-state index in [1.165, 1.54) is 13.3 Å². The number of carbonyl (C=O) groups is 1. The molecule has 4 aromatic rings. The van der Waals surface area contributed by atoms with Crippen molar-refractivity contribution in [3.05, 3.63) is 66.2 Å². The Kier molecular flexibility index (Phi) is 7.59. The van der Waals surface area contributed by atoms with Crippen LogP contribution in [0.15, 0.2) is 55.1 Å². The fourth-order valence-corrected chi connectivity index (χ4v) is 3.44. The van der Waals surface area contributed by atoms with E-state index in [9.17, 15) is 10.1 Å². The van der Waals surface area contributed by atoms with Crippen molar-refractivity contribution in [3.63, 3.8) is 0 Å². The molecule has 0 unspecified atom stereocenters. The third-order valence-corrected chi connectivity index (χ3v) is 5.07. The van der Waals surface area contributed by atoms with Crippen LogP contribution in [0.2, 0.25) is 0 Å². The van der Waals surface area contributed by atoms with Crippen LogP contribution in [-0.2, 0) is 4.79 Å². The van der Waals surface area contributed by atoms with Gasteiger partial charge in [-0.25, -0.2) is 14.5 Å². The average molecular weight is 482 g/mol. The zero-order valence-electron chi connectivity index (χ0n) is 19.8. The first-order valence-corrected chi connectivity index (χ1v) is 11.2. The van der Waals surface area contributed by atoms with Crippen molar-refractivity contribution in [3.8, 4) is 40.7 Å². The van der Waals surface area contributed by atoms with E-state index in [2.05, 4.69) is 43.6 Å². The molecule has 0 bridgehead atoms. The van der Waals surface area contributed by atoms with Gasteiger partial charge in [0, 0.05) is 54.2 Å². The second-order valence-electron chi connectivity index (χ2n) is 7.44. The van der Waals surface area contributed by atoms with Crippen LogP contribution in [0.1, 0.15) is 18.1 Å². The smallest absolute Gasteiger partial charge is 0.296 e. The normalized spacial score (nSPS) is 10.1. The number of nitrogens with zero attached hydrogens (tertiary/aromatic N) is 5. The minimum atomic E-state index is -0.386. The van der Waals surface area contributed by atoms with Crippen molar-refractivity contribution in [1.29, 1.82) is 5.26 Å². The summed E-state index contributed by atoms with van der Waals surface area (Å²) in [6, 6.07) is 11.2. The van der Waals surface area contributed by atoms with Gasteiger partial charge in [-0.2, -0.15) is 10.4 Å². The zero-order chi connectivity index (χ0) is 25.3. The second kappa shape index (κ2) is 11.4. The van der Waals surface area contributed by atoms with E-state index in [1.54, 1.807) is 35.2 Å². The Balaban J connectivity index is 1.36. The van der Waals surface area contributed by atoms with Crippen LogP contribution < -0.4 is 20.1 Å². The van der Waals surface area contributed by atoms with Gasteiger partial charge in [0.1, 0.15) is 17.6 Å². The maximum absolute atomic E-state index is 12.0. The number of methoxy groups -OCH3 is 1. The summed E-state index contributed by atoms with van der Waals surface area (Å²) in [7, 11) is 1.52. The van der Waals surface area contributed by atoms with Crippen LogP contribution in [-0.4, -0.2) is 52.3 Å². The van der Waals surface area contributed by atoms with E-state index in [1.807, 2.05) is 25.1 Å². The summed E-state index contributed by atoms with van der Waals surface area (Å²) in [6.07, 6.45) is 6.57. The molecule has 0 aliphatic carbocycles. The topological polar surface area (TPSA) is 126 Å². The van der Waals surface area contributed by atoms with Gasteiger partial charge in [0.15, 0.2) is 0 Å². The number of nitriles is 1. The van der Waals surface area contributed by atoms with Crippen LogP contribution in [0.5, 0.6) is 11.6 Å². The maximum Gasteiger partial charge on any atom is 0.296 e. The van der Waals surface area contributed by atoms with Gasteiger partial charge in [-0.15, -0.1) is 0 Å². The molecule has 0 aliphatic heterocycles. The van der Waals surface area contributed by atoms with E-state index in [4.69, 9.17) is 9.47 Å². The van der Waals surface area contributed by atoms with Gasteiger partial charge in [-0.3, -0.25) is 4.79 Å². The fraction of sp³-hybridized carbons (Fsp3) is 0.192. The Morgan fingerprint density at radius 3 is 2.81 bits per heavy atom. The minimum absolute atomic E-state index is 0.370. The third-order valence-electron chi connectivity index (χ3n) is 5.07. The first-order valence-electron chi connectivity index (χ1n) is 11.2. The first-order chi connectivity index (χ1) is 17.6. The highest BCUT2D eigenvalue weighted by Crippen LogP contribution is 2.30. The molecule has 36 heavy (non-hydrogen) atoms. The monoisotopic (exact) mass is 481 g/mol. The summed E-state index contributed by atoms with van der Waals surface area (Å²) in [5, 5.41) is 19.6. The number of pyridine rings is 3. The van der Waals surface area contributed by atoms with Crippen LogP contribution in [0.3, 0.4) is 0 Å². The van der Waals surface area contributed by atoms with Gasteiger partial charge < -0.3 is 20.1 Å². The van der Waals surface area contributed by atoms with Gasteiger partial charge >= 0.3 is 0 Å². The van der Waals surface area contributed by atoms with Gasteiger partial charge in [0.2, 0.25) is 5.88 Å². The van der Waals surface area contributed by atoms with E-state index in [0.717, 1.165) is 11.1 Å². The summed E-state index contributed by atoms with van der Waals surface area (Å²) in [6.45, 7) is 3.26. The molecule has 4 rings (SSSR count). The molecule has 0 saturated carbocycles. The highest BCUT2D eigenvalue weighted by molar-refractivity contribution is 5.94. The molecule has 0 aliphatic rings. The Labute approximate surface area is 207 Å². The van der Waals surface area contributed by atoms with Crippen molar-refractivity contribution < 1.29 is 14.3 Å². The SMILES string of the molecule is CCOc1cc(-c2ccc(NCCNC(=O)C#Cc3ccnc(OC)c3)nc2)c2c(C#N)cnn2c1. The van der Waals surface area contributed by atoms with E-state index >= 15 is 0 Å². The number of amides is 1. The zero-order valence-corrected chi connectivity index (χ0v) is 19.8. The van der Waals surface area contributed by atoms with Crippen molar-refractivity contribution >= 4 is 17.2 Å². The Morgan fingerprint density at radius 1 is 1.17 bits per heavy atom. The summed E-state index contributed by atoms with van der Waals surface area (Å²) in [5.41, 5.74) is 3.42. The molecule has 1 amide bonds. The Hall–Kier alpha value is -5.09. The lowest BCUT2D eigenvalue weighted by atomic mass is 10.1. The number of nitrogens with one attached hydrogen (secondary N) is 2. The second-order valence-corrected chi connectivity index (χ2v) is 7.44. The highest BCUT2D eigenvalue weighted by atomic mass is 16.5. The highest BCUT2D eigenvalue weighted by Gasteiger charge is 2.13. The number of anilines is 1. The maximum atomic E-state index is 12.0. The summed E-state index contributed by atoms with van der Waals surface area (Å²) in [4.78, 5) is 20.4. The number of fused-ring (bicyclic) bond motifs is 1. The van der Waals surface area contributed by atoms with E-state index < -0.39 is 0 Å². The Morgan fingerprint density at radius 2 is 2.06 bits per heavy atom. The minimum Gasteiger partial charge on any atom is -0.492 e. The molecular formula is C26H23N7O3. The standard InChI is InChI=1S/C26H23N7O3/c1-3-36-21-13-22(26-20(14-27)16-32-33(26)17-21)19-5-6-23(31-15-19)28-10-11-29-24(34)7-4-18-8-9-30-25(12-18)35-2/h5-6,8-9,12-13,15-17H,3,10-11H2,1-2H3,(H,28,31)(H,29,34). The lowest BCUT2D eigenvalue weighted by molar-refractivity contribution is -0.115. The molecule has 10 heteroatoms. The van der Waals surface area contributed by atoms with Crippen LogP contribution in [0.4, 0.5) is 5.82 Å². The molecule has 0 fully saturated rings. The van der Waals surface area contributed by atoms with Gasteiger partial charge in [-0.1, -0.05) is 5.92 Å². The van der Waals surface area contributed by atoms with Crippen LogP contribution >= 0.6 is 0 Å². The predicted molar refractivity (Wildman–Crippen MR) is 133 cm³/mol. The number of aromatic nitrogens is 4. The molecule has 4 heterocycles. The molecular weight excluding hydrogens is 458 g/mol. The first kappa shape index (κ1) is 24.0. The molecule has 0 atom stereocenters. The van der Waals surface area contributed by atoms with Crippen molar-refractivity contribution in [2.45, 2.75) is 6.92 Å². The molecule has 4 aromatic heterocycles. The van der Waals surface area contributed by atoms with E-state index in [0.29, 0.717) is 53.8 Å². The largest absolute Gasteiger partial charge is 0.492 e. The lowest BCUT2D eigenvalue weighted by Crippen LogP contribution is -2.27. The van der Waals surface area contributed by atoms with Gasteiger partial charge in [0.25, 0.3) is 5.91 Å². The molecule has 0 spiro atoms. The van der Waals surface area contributed by atoms with Gasteiger partial charge in [-0.05, 0) is 31.2 Å². The number of hydrogen-bond acceptors (Lipinski definition) is 8. The third kappa shape index (κ3) is 5.69. The van der Waals surface area contributed by atoms with Crippen LogP contribution in [0, 0.1) is 23.2 Å². The molecule has 10 nitrogen and oxygen atoms in total.